The monoisotopic (exact) mass is 464 g/mol. The first-order valence-electron chi connectivity index (χ1n) is 11.3. The summed E-state index contributed by atoms with van der Waals surface area (Å²) in [6.45, 7) is 7.87. The minimum absolute atomic E-state index is 0.369. The summed E-state index contributed by atoms with van der Waals surface area (Å²) in [5.74, 6) is 1.19. The largest absolute Gasteiger partial charge is 0.361 e. The van der Waals surface area contributed by atoms with E-state index in [0.29, 0.717) is 23.9 Å². The third-order valence-electron chi connectivity index (χ3n) is 6.63. The Kier molecular flexibility index (Phi) is 5.58. The molecule has 1 aliphatic rings. The average molecular weight is 465 g/mol. The molecule has 0 radical (unpaired) electrons. The summed E-state index contributed by atoms with van der Waals surface area (Å²) in [7, 11) is -3.43. The summed E-state index contributed by atoms with van der Waals surface area (Å²) in [5.41, 5.74) is 6.07. The summed E-state index contributed by atoms with van der Waals surface area (Å²) in [6, 6.07) is 10.9. The van der Waals surface area contributed by atoms with Gasteiger partial charge < -0.3 is 9.09 Å². The number of fused-ring (bicyclic) bond motifs is 1. The highest BCUT2D eigenvalue weighted by Gasteiger charge is 2.29. The maximum absolute atomic E-state index is 12.9. The summed E-state index contributed by atoms with van der Waals surface area (Å²) in [4.78, 5) is 5.10. The minimum Gasteiger partial charge on any atom is -0.361 e. The molecule has 7 nitrogen and oxygen atoms in total. The lowest BCUT2D eigenvalue weighted by Crippen LogP contribution is -2.39. The lowest BCUT2D eigenvalue weighted by atomic mass is 9.98. The number of rotatable bonds is 5. The van der Waals surface area contributed by atoms with Crippen LogP contribution in [0.1, 0.15) is 29.9 Å². The number of sulfonamides is 1. The van der Waals surface area contributed by atoms with Gasteiger partial charge in [0.2, 0.25) is 10.0 Å². The van der Waals surface area contributed by atoms with Crippen molar-refractivity contribution >= 4 is 21.1 Å². The second-order valence-electron chi connectivity index (χ2n) is 8.92. The Morgan fingerprint density at radius 3 is 2.48 bits per heavy atom. The van der Waals surface area contributed by atoms with Gasteiger partial charge in [-0.1, -0.05) is 23.4 Å². The molecular weight excluding hydrogens is 436 g/mol. The van der Waals surface area contributed by atoms with E-state index in [0.717, 1.165) is 58.6 Å². The van der Waals surface area contributed by atoms with Crippen LogP contribution in [0.5, 0.6) is 0 Å². The molecule has 8 heteroatoms. The fourth-order valence-corrected chi connectivity index (χ4v) is 6.37. The van der Waals surface area contributed by atoms with Gasteiger partial charge in [-0.25, -0.2) is 8.42 Å². The predicted molar refractivity (Wildman–Crippen MR) is 127 cm³/mol. The Hall–Kier alpha value is -2.97. The molecule has 0 aliphatic carbocycles. The van der Waals surface area contributed by atoms with Gasteiger partial charge >= 0.3 is 0 Å². The van der Waals surface area contributed by atoms with Crippen molar-refractivity contribution in [2.24, 2.45) is 5.92 Å². The van der Waals surface area contributed by atoms with Crippen LogP contribution < -0.4 is 0 Å². The van der Waals surface area contributed by atoms with E-state index in [4.69, 9.17) is 9.51 Å². The maximum atomic E-state index is 12.9. The molecule has 0 amide bonds. The molecule has 3 aromatic heterocycles. The standard InChI is InChI=1S/C25H28N4O3S/c1-17-15-28(23-13-21(14-26-25(17)23)24-18(2)27-32-19(24)3)16-20-9-11-29(12-10-20)33(30,31)22-7-5-4-6-8-22/h4-8,13-15,20H,9-12,16H2,1-3H3. The van der Waals surface area contributed by atoms with Crippen molar-refractivity contribution in [3.63, 3.8) is 0 Å². The predicted octanol–water partition coefficient (Wildman–Crippen LogP) is 4.72. The van der Waals surface area contributed by atoms with Crippen molar-refractivity contribution in [3.05, 3.63) is 65.8 Å². The topological polar surface area (TPSA) is 81.2 Å². The Morgan fingerprint density at radius 1 is 1.09 bits per heavy atom. The Balaban J connectivity index is 1.35. The zero-order chi connectivity index (χ0) is 23.2. The van der Waals surface area contributed by atoms with Crippen molar-refractivity contribution in [1.29, 1.82) is 0 Å². The molecule has 4 heterocycles. The first-order chi connectivity index (χ1) is 15.8. The Bertz CT molecular complexity index is 1380. The summed E-state index contributed by atoms with van der Waals surface area (Å²) in [6.07, 6.45) is 5.71. The molecule has 1 aliphatic heterocycles. The molecule has 0 N–H and O–H groups in total. The highest BCUT2D eigenvalue weighted by Crippen LogP contribution is 2.31. The number of pyridine rings is 1. The highest BCUT2D eigenvalue weighted by atomic mass is 32.2. The van der Waals surface area contributed by atoms with Gasteiger partial charge in [-0.2, -0.15) is 4.31 Å². The van der Waals surface area contributed by atoms with Crippen LogP contribution in [0.4, 0.5) is 0 Å². The molecule has 4 aromatic rings. The van der Waals surface area contributed by atoms with Gasteiger partial charge in [-0.15, -0.1) is 0 Å². The third kappa shape index (κ3) is 3.98. The van der Waals surface area contributed by atoms with Gasteiger partial charge in [0.05, 0.1) is 21.6 Å². The normalized spacial score (nSPS) is 16.0. The molecule has 0 spiro atoms. The summed E-state index contributed by atoms with van der Waals surface area (Å²) < 4.78 is 35.1. The number of nitrogens with zero attached hydrogens (tertiary/aromatic N) is 4. The first-order valence-corrected chi connectivity index (χ1v) is 12.7. The third-order valence-corrected chi connectivity index (χ3v) is 8.54. The van der Waals surface area contributed by atoms with Crippen LogP contribution in [0.2, 0.25) is 0 Å². The Morgan fingerprint density at radius 2 is 1.82 bits per heavy atom. The van der Waals surface area contributed by atoms with E-state index in [1.807, 2.05) is 26.1 Å². The SMILES string of the molecule is Cc1noc(C)c1-c1cnc2c(C)cn(CC3CCN(S(=O)(=O)c4ccccc4)CC3)c2c1. The second-order valence-corrected chi connectivity index (χ2v) is 10.9. The maximum Gasteiger partial charge on any atom is 0.243 e. The van der Waals surface area contributed by atoms with Crippen LogP contribution in [0.25, 0.3) is 22.2 Å². The smallest absolute Gasteiger partial charge is 0.243 e. The Labute approximate surface area is 194 Å². The van der Waals surface area contributed by atoms with E-state index in [1.165, 1.54) is 0 Å². The van der Waals surface area contributed by atoms with Crippen LogP contribution in [0, 0.1) is 26.7 Å². The molecule has 1 fully saturated rings. The van der Waals surface area contributed by atoms with Gasteiger partial charge in [0.25, 0.3) is 0 Å². The van der Waals surface area contributed by atoms with Crippen LogP contribution in [-0.2, 0) is 16.6 Å². The molecule has 0 saturated carbocycles. The molecule has 0 bridgehead atoms. The van der Waals surface area contributed by atoms with E-state index in [9.17, 15) is 8.42 Å². The molecule has 0 atom stereocenters. The van der Waals surface area contributed by atoms with Crippen LogP contribution in [-0.4, -0.2) is 40.5 Å². The van der Waals surface area contributed by atoms with E-state index >= 15 is 0 Å². The van der Waals surface area contributed by atoms with Crippen LogP contribution in [0.3, 0.4) is 0 Å². The van der Waals surface area contributed by atoms with Gasteiger partial charge in [-0.3, -0.25) is 4.98 Å². The fourth-order valence-electron chi connectivity index (χ4n) is 4.88. The van der Waals surface area contributed by atoms with Gasteiger partial charge in [0.15, 0.2) is 0 Å². The zero-order valence-corrected chi connectivity index (χ0v) is 20.0. The molecule has 33 heavy (non-hydrogen) atoms. The molecule has 1 aromatic carbocycles. The zero-order valence-electron chi connectivity index (χ0n) is 19.2. The van der Waals surface area contributed by atoms with Crippen molar-refractivity contribution in [2.45, 2.75) is 45.1 Å². The minimum atomic E-state index is -3.43. The molecular formula is C25H28N4O3S. The number of benzene rings is 1. The van der Waals surface area contributed by atoms with Gasteiger partial charge in [0.1, 0.15) is 5.76 Å². The number of hydrogen-bond donors (Lipinski definition) is 0. The fraction of sp³-hybridized carbons (Fsp3) is 0.360. The van der Waals surface area contributed by atoms with E-state index in [-0.39, 0.29) is 0 Å². The molecule has 0 unspecified atom stereocenters. The highest BCUT2D eigenvalue weighted by molar-refractivity contribution is 7.89. The first kappa shape index (κ1) is 21.9. The van der Waals surface area contributed by atoms with Gasteiger partial charge in [0, 0.05) is 43.2 Å². The van der Waals surface area contributed by atoms with E-state index in [1.54, 1.807) is 28.6 Å². The number of aromatic nitrogens is 3. The number of aryl methyl sites for hydroxylation is 3. The van der Waals surface area contributed by atoms with Crippen molar-refractivity contribution in [3.8, 4) is 11.1 Å². The lowest BCUT2D eigenvalue weighted by Gasteiger charge is -2.31. The summed E-state index contributed by atoms with van der Waals surface area (Å²) >= 11 is 0. The number of piperidine rings is 1. The molecule has 1 saturated heterocycles. The van der Waals surface area contributed by atoms with E-state index < -0.39 is 10.0 Å². The number of hydrogen-bond acceptors (Lipinski definition) is 5. The second kappa shape index (κ2) is 8.43. The van der Waals surface area contributed by atoms with Gasteiger partial charge in [-0.05, 0) is 63.3 Å². The van der Waals surface area contributed by atoms with Crippen LogP contribution in [0.15, 0.2) is 58.2 Å². The van der Waals surface area contributed by atoms with E-state index in [2.05, 4.69) is 28.9 Å². The quantitative estimate of drug-likeness (QED) is 0.427. The van der Waals surface area contributed by atoms with Crippen molar-refractivity contribution < 1.29 is 12.9 Å². The lowest BCUT2D eigenvalue weighted by molar-refractivity contribution is 0.254. The van der Waals surface area contributed by atoms with Crippen molar-refractivity contribution in [2.75, 3.05) is 13.1 Å². The van der Waals surface area contributed by atoms with Crippen LogP contribution >= 0.6 is 0 Å². The average Bonchev–Trinajstić information content (AvgIpc) is 3.32. The molecule has 172 valence electrons. The summed E-state index contributed by atoms with van der Waals surface area (Å²) in [5, 5.41) is 4.08. The molecule has 5 rings (SSSR count). The van der Waals surface area contributed by atoms with Crippen molar-refractivity contribution in [1.82, 2.24) is 19.0 Å².